The van der Waals surface area contributed by atoms with E-state index in [0.29, 0.717) is 11.4 Å². The van der Waals surface area contributed by atoms with Gasteiger partial charge in [-0.05, 0) is 18.1 Å². The highest BCUT2D eigenvalue weighted by Gasteiger charge is 2.06. The molecule has 2 aromatic rings. The quantitative estimate of drug-likeness (QED) is 0.786. The zero-order valence-corrected chi connectivity index (χ0v) is 12.8. The van der Waals surface area contributed by atoms with Crippen LogP contribution in [0.3, 0.4) is 0 Å². The number of nitrogens with one attached hydrogen (secondary N) is 1. The summed E-state index contributed by atoms with van der Waals surface area (Å²) in [6.07, 6.45) is 0.771. The topological polar surface area (TPSA) is 69.2 Å². The Labute approximate surface area is 133 Å². The largest absolute Gasteiger partial charge is 0.545 e. The Bertz CT molecular complexity index is 643. The van der Waals surface area contributed by atoms with E-state index in [1.807, 2.05) is 30.3 Å². The van der Waals surface area contributed by atoms with Gasteiger partial charge in [-0.15, -0.1) is 11.8 Å². The van der Waals surface area contributed by atoms with Gasteiger partial charge in [0.05, 0.1) is 11.7 Å². The Hall–Kier alpha value is -2.27. The molecule has 0 spiro atoms. The van der Waals surface area contributed by atoms with E-state index < -0.39 is 5.97 Å². The molecule has 0 radical (unpaired) electrons. The molecule has 0 aliphatic carbocycles. The Morgan fingerprint density at radius 2 is 1.68 bits per heavy atom. The molecule has 2 rings (SSSR count). The summed E-state index contributed by atoms with van der Waals surface area (Å²) < 4.78 is 0. The standard InChI is InChI=1S/C17H17NO3S/c19-16(18-11-10-13-6-2-1-3-7-13)12-22-15-9-5-4-8-14(15)17(20)21/h1-9H,10-12H2,(H,18,19)(H,20,21)/p-1. The van der Waals surface area contributed by atoms with Crippen molar-refractivity contribution in [1.82, 2.24) is 5.32 Å². The van der Waals surface area contributed by atoms with E-state index in [-0.39, 0.29) is 17.2 Å². The molecule has 0 atom stereocenters. The zero-order valence-electron chi connectivity index (χ0n) is 12.0. The van der Waals surface area contributed by atoms with Crippen molar-refractivity contribution in [2.45, 2.75) is 11.3 Å². The van der Waals surface area contributed by atoms with Gasteiger partial charge in [-0.25, -0.2) is 0 Å². The molecule has 0 aromatic heterocycles. The Morgan fingerprint density at radius 1 is 1.00 bits per heavy atom. The van der Waals surface area contributed by atoms with Gasteiger partial charge in [0.1, 0.15) is 0 Å². The van der Waals surface area contributed by atoms with Gasteiger partial charge in [-0.2, -0.15) is 0 Å². The van der Waals surface area contributed by atoms with Crippen LogP contribution in [-0.4, -0.2) is 24.2 Å². The molecule has 114 valence electrons. The fourth-order valence-corrected chi connectivity index (χ4v) is 2.82. The number of carboxylic acid groups (broad SMARTS) is 1. The first kappa shape index (κ1) is 16.1. The van der Waals surface area contributed by atoms with Gasteiger partial charge in [0.15, 0.2) is 0 Å². The number of hydrogen-bond donors (Lipinski definition) is 1. The molecule has 0 saturated heterocycles. The van der Waals surface area contributed by atoms with Gasteiger partial charge in [-0.1, -0.05) is 48.5 Å². The van der Waals surface area contributed by atoms with Gasteiger partial charge in [0, 0.05) is 17.0 Å². The summed E-state index contributed by atoms with van der Waals surface area (Å²) >= 11 is 1.20. The van der Waals surface area contributed by atoms with E-state index in [0.717, 1.165) is 12.0 Å². The number of rotatable bonds is 7. The molecule has 1 N–H and O–H groups in total. The lowest BCUT2D eigenvalue weighted by atomic mass is 10.1. The van der Waals surface area contributed by atoms with E-state index in [1.165, 1.54) is 17.8 Å². The van der Waals surface area contributed by atoms with Crippen LogP contribution in [0.15, 0.2) is 59.5 Å². The first-order valence-corrected chi connectivity index (χ1v) is 7.89. The molecule has 0 fully saturated rings. The van der Waals surface area contributed by atoms with Crippen molar-refractivity contribution in [3.63, 3.8) is 0 Å². The third-order valence-corrected chi connectivity index (χ3v) is 4.12. The molecule has 0 unspecified atom stereocenters. The van der Waals surface area contributed by atoms with Gasteiger partial charge in [-0.3, -0.25) is 4.79 Å². The van der Waals surface area contributed by atoms with Crippen LogP contribution in [0.4, 0.5) is 0 Å². The molecule has 0 saturated carbocycles. The van der Waals surface area contributed by atoms with Crippen LogP contribution in [0.25, 0.3) is 0 Å². The average Bonchev–Trinajstić information content (AvgIpc) is 2.54. The van der Waals surface area contributed by atoms with Crippen LogP contribution in [0.5, 0.6) is 0 Å². The number of aromatic carboxylic acids is 1. The summed E-state index contributed by atoms with van der Waals surface area (Å²) in [6, 6.07) is 16.4. The second-order valence-corrected chi connectivity index (χ2v) is 5.68. The lowest BCUT2D eigenvalue weighted by molar-refractivity contribution is -0.255. The number of carbonyl (C=O) groups is 2. The maximum Gasteiger partial charge on any atom is 0.230 e. The summed E-state index contributed by atoms with van der Waals surface area (Å²) in [5.41, 5.74) is 1.28. The Balaban J connectivity index is 1.77. The summed E-state index contributed by atoms with van der Waals surface area (Å²) in [7, 11) is 0. The molecule has 0 aliphatic heterocycles. The predicted octanol–water partition coefficient (Wildman–Crippen LogP) is 1.50. The molecule has 1 amide bonds. The third kappa shape index (κ3) is 4.93. The summed E-state index contributed by atoms with van der Waals surface area (Å²) in [5.74, 6) is -1.17. The van der Waals surface area contributed by atoms with Gasteiger partial charge in [0.25, 0.3) is 0 Å². The van der Waals surface area contributed by atoms with Crippen molar-refractivity contribution < 1.29 is 14.7 Å². The first-order valence-electron chi connectivity index (χ1n) is 6.90. The predicted molar refractivity (Wildman–Crippen MR) is 84.7 cm³/mol. The summed E-state index contributed by atoms with van der Waals surface area (Å²) in [5, 5.41) is 13.8. The maximum absolute atomic E-state index is 11.8. The Morgan fingerprint density at radius 3 is 2.41 bits per heavy atom. The third-order valence-electron chi connectivity index (χ3n) is 3.04. The molecule has 4 nitrogen and oxygen atoms in total. The minimum Gasteiger partial charge on any atom is -0.545 e. The number of carbonyl (C=O) groups excluding carboxylic acids is 2. The van der Waals surface area contributed by atoms with Crippen LogP contribution in [0, 0.1) is 0 Å². The number of hydrogen-bond acceptors (Lipinski definition) is 4. The monoisotopic (exact) mass is 314 g/mol. The van der Waals surface area contributed by atoms with Gasteiger partial charge >= 0.3 is 0 Å². The van der Waals surface area contributed by atoms with Crippen molar-refractivity contribution in [3.8, 4) is 0 Å². The highest BCUT2D eigenvalue weighted by molar-refractivity contribution is 8.00. The fourth-order valence-electron chi connectivity index (χ4n) is 1.95. The van der Waals surface area contributed by atoms with E-state index in [4.69, 9.17) is 0 Å². The zero-order chi connectivity index (χ0) is 15.8. The van der Waals surface area contributed by atoms with Crippen molar-refractivity contribution >= 4 is 23.6 Å². The second-order valence-electron chi connectivity index (χ2n) is 4.66. The van der Waals surface area contributed by atoms with Crippen LogP contribution < -0.4 is 10.4 Å². The van der Waals surface area contributed by atoms with Crippen LogP contribution in [0.1, 0.15) is 15.9 Å². The molecule has 0 heterocycles. The molecular weight excluding hydrogens is 298 g/mol. The maximum atomic E-state index is 11.8. The Kier molecular flexibility index (Phi) is 6.03. The normalized spacial score (nSPS) is 10.2. The molecule has 5 heteroatoms. The van der Waals surface area contributed by atoms with Crippen LogP contribution in [0.2, 0.25) is 0 Å². The smallest absolute Gasteiger partial charge is 0.230 e. The lowest BCUT2D eigenvalue weighted by Crippen LogP contribution is -2.27. The summed E-state index contributed by atoms with van der Waals surface area (Å²) in [4.78, 5) is 23.3. The van der Waals surface area contributed by atoms with Crippen LogP contribution in [-0.2, 0) is 11.2 Å². The van der Waals surface area contributed by atoms with E-state index in [1.54, 1.807) is 18.2 Å². The minimum absolute atomic E-state index is 0.115. The van der Waals surface area contributed by atoms with E-state index in [9.17, 15) is 14.7 Å². The molecule has 22 heavy (non-hydrogen) atoms. The average molecular weight is 314 g/mol. The van der Waals surface area contributed by atoms with Gasteiger partial charge in [0.2, 0.25) is 5.91 Å². The number of thioether (sulfide) groups is 1. The van der Waals surface area contributed by atoms with Crippen LogP contribution >= 0.6 is 11.8 Å². The number of benzene rings is 2. The van der Waals surface area contributed by atoms with Crippen molar-refractivity contribution in [3.05, 3.63) is 65.7 Å². The highest BCUT2D eigenvalue weighted by atomic mass is 32.2. The van der Waals surface area contributed by atoms with Gasteiger partial charge < -0.3 is 15.2 Å². The first-order chi connectivity index (χ1) is 10.7. The number of carboxylic acids is 1. The van der Waals surface area contributed by atoms with Crippen molar-refractivity contribution in [2.75, 3.05) is 12.3 Å². The highest BCUT2D eigenvalue weighted by Crippen LogP contribution is 2.21. The van der Waals surface area contributed by atoms with E-state index in [2.05, 4.69) is 5.32 Å². The molecule has 0 aliphatic rings. The molecule has 0 bridgehead atoms. The molecule has 2 aromatic carbocycles. The number of amides is 1. The lowest BCUT2D eigenvalue weighted by Gasteiger charge is -2.10. The summed E-state index contributed by atoms with van der Waals surface area (Å²) in [6.45, 7) is 0.561. The second kappa shape index (κ2) is 8.24. The minimum atomic E-state index is -1.23. The fraction of sp³-hybridized carbons (Fsp3) is 0.176. The van der Waals surface area contributed by atoms with Crippen molar-refractivity contribution in [2.24, 2.45) is 0 Å². The SMILES string of the molecule is O=C(CSc1ccccc1C(=O)[O-])NCCc1ccccc1. The van der Waals surface area contributed by atoms with E-state index >= 15 is 0 Å². The van der Waals surface area contributed by atoms with Crippen molar-refractivity contribution in [1.29, 1.82) is 0 Å². The molecular formula is C17H16NO3S-.